The number of hydrogen-bond acceptors (Lipinski definition) is 2. The van der Waals surface area contributed by atoms with Gasteiger partial charge in [0, 0.05) is 24.5 Å². The van der Waals surface area contributed by atoms with Crippen LogP contribution in [0.2, 0.25) is 0 Å². The SMILES string of the molecule is CCc1ccc(C(C)(C)CNCC(C)N)cc1. The van der Waals surface area contributed by atoms with Crippen LogP contribution in [0.15, 0.2) is 24.3 Å². The van der Waals surface area contributed by atoms with Crippen molar-refractivity contribution in [1.29, 1.82) is 0 Å². The highest BCUT2D eigenvalue weighted by molar-refractivity contribution is 5.28. The molecule has 0 aromatic heterocycles. The lowest BCUT2D eigenvalue weighted by atomic mass is 9.84. The molecule has 96 valence electrons. The second-order valence-corrected chi connectivity index (χ2v) is 5.54. The first-order valence-corrected chi connectivity index (χ1v) is 6.51. The number of rotatable bonds is 6. The van der Waals surface area contributed by atoms with E-state index in [-0.39, 0.29) is 11.5 Å². The fourth-order valence-corrected chi connectivity index (χ4v) is 1.91. The standard InChI is InChI=1S/C15H26N2/c1-5-13-6-8-14(9-7-13)15(3,4)11-17-10-12(2)16/h6-9,12,17H,5,10-11,16H2,1-4H3. The highest BCUT2D eigenvalue weighted by Gasteiger charge is 2.19. The number of nitrogens with two attached hydrogens (primary N) is 1. The lowest BCUT2D eigenvalue weighted by Gasteiger charge is -2.26. The largest absolute Gasteiger partial charge is 0.327 e. The average Bonchev–Trinajstić information content (AvgIpc) is 2.28. The smallest absolute Gasteiger partial charge is 0.0136 e. The second kappa shape index (κ2) is 6.18. The van der Waals surface area contributed by atoms with Crippen LogP contribution >= 0.6 is 0 Å². The predicted octanol–water partition coefficient (Wildman–Crippen LogP) is 2.46. The summed E-state index contributed by atoms with van der Waals surface area (Å²) in [6.07, 6.45) is 1.10. The number of benzene rings is 1. The minimum Gasteiger partial charge on any atom is -0.327 e. The Hall–Kier alpha value is -0.860. The van der Waals surface area contributed by atoms with E-state index in [1.54, 1.807) is 0 Å². The fraction of sp³-hybridized carbons (Fsp3) is 0.600. The summed E-state index contributed by atoms with van der Waals surface area (Å²) in [5.41, 5.74) is 8.67. The van der Waals surface area contributed by atoms with Gasteiger partial charge in [0.25, 0.3) is 0 Å². The van der Waals surface area contributed by atoms with Gasteiger partial charge in [0.1, 0.15) is 0 Å². The van der Waals surface area contributed by atoms with Crippen molar-refractivity contribution in [3.05, 3.63) is 35.4 Å². The maximum absolute atomic E-state index is 5.74. The maximum Gasteiger partial charge on any atom is 0.0136 e. The Labute approximate surface area is 106 Å². The molecule has 1 unspecified atom stereocenters. The molecule has 0 radical (unpaired) electrons. The molecule has 2 nitrogen and oxygen atoms in total. The third-order valence-electron chi connectivity index (χ3n) is 3.18. The first-order valence-electron chi connectivity index (χ1n) is 6.51. The van der Waals surface area contributed by atoms with Crippen molar-refractivity contribution >= 4 is 0 Å². The summed E-state index contributed by atoms with van der Waals surface area (Å²) in [6.45, 7) is 10.6. The van der Waals surface area contributed by atoms with Crippen molar-refractivity contribution < 1.29 is 0 Å². The van der Waals surface area contributed by atoms with Gasteiger partial charge in [-0.3, -0.25) is 0 Å². The molecule has 0 saturated carbocycles. The zero-order chi connectivity index (χ0) is 12.9. The Kier molecular flexibility index (Phi) is 5.16. The normalized spacial score (nSPS) is 13.7. The topological polar surface area (TPSA) is 38.0 Å². The Balaban J connectivity index is 2.61. The monoisotopic (exact) mass is 234 g/mol. The molecular weight excluding hydrogens is 208 g/mol. The van der Waals surface area contributed by atoms with Gasteiger partial charge in [-0.2, -0.15) is 0 Å². The molecule has 0 fully saturated rings. The third kappa shape index (κ3) is 4.49. The van der Waals surface area contributed by atoms with Crippen molar-refractivity contribution in [2.45, 2.75) is 45.6 Å². The summed E-state index contributed by atoms with van der Waals surface area (Å²) < 4.78 is 0. The molecule has 3 N–H and O–H groups in total. The zero-order valence-corrected chi connectivity index (χ0v) is 11.6. The van der Waals surface area contributed by atoms with Gasteiger partial charge in [-0.25, -0.2) is 0 Å². The highest BCUT2D eigenvalue weighted by atomic mass is 14.9. The van der Waals surface area contributed by atoms with Crippen molar-refractivity contribution in [3.63, 3.8) is 0 Å². The Morgan fingerprint density at radius 1 is 1.24 bits per heavy atom. The third-order valence-corrected chi connectivity index (χ3v) is 3.18. The van der Waals surface area contributed by atoms with Gasteiger partial charge in [0.05, 0.1) is 0 Å². The van der Waals surface area contributed by atoms with Crippen molar-refractivity contribution in [3.8, 4) is 0 Å². The van der Waals surface area contributed by atoms with Crippen LogP contribution in [-0.2, 0) is 11.8 Å². The van der Waals surface area contributed by atoms with Gasteiger partial charge >= 0.3 is 0 Å². The second-order valence-electron chi connectivity index (χ2n) is 5.54. The summed E-state index contributed by atoms with van der Waals surface area (Å²) in [5.74, 6) is 0. The Morgan fingerprint density at radius 3 is 2.29 bits per heavy atom. The molecule has 0 amide bonds. The first kappa shape index (κ1) is 14.2. The Bertz CT molecular complexity index is 325. The molecular formula is C15H26N2. The van der Waals surface area contributed by atoms with Gasteiger partial charge in [-0.1, -0.05) is 45.0 Å². The van der Waals surface area contributed by atoms with Crippen LogP contribution in [0.5, 0.6) is 0 Å². The molecule has 0 saturated heterocycles. The summed E-state index contributed by atoms with van der Waals surface area (Å²) >= 11 is 0. The summed E-state index contributed by atoms with van der Waals surface area (Å²) in [5, 5.41) is 3.43. The van der Waals surface area contributed by atoms with Crippen LogP contribution < -0.4 is 11.1 Å². The van der Waals surface area contributed by atoms with E-state index in [1.807, 2.05) is 6.92 Å². The quantitative estimate of drug-likeness (QED) is 0.793. The summed E-state index contributed by atoms with van der Waals surface area (Å²) in [6, 6.07) is 9.15. The van der Waals surface area contributed by atoms with Gasteiger partial charge in [-0.15, -0.1) is 0 Å². The van der Waals surface area contributed by atoms with Crippen LogP contribution in [0.3, 0.4) is 0 Å². The van der Waals surface area contributed by atoms with Gasteiger partial charge < -0.3 is 11.1 Å². The van der Waals surface area contributed by atoms with Crippen LogP contribution in [0, 0.1) is 0 Å². The molecule has 0 bridgehead atoms. The molecule has 0 aliphatic heterocycles. The van der Waals surface area contributed by atoms with E-state index >= 15 is 0 Å². The summed E-state index contributed by atoms with van der Waals surface area (Å²) in [4.78, 5) is 0. The fourth-order valence-electron chi connectivity index (χ4n) is 1.91. The van der Waals surface area contributed by atoms with E-state index in [1.165, 1.54) is 11.1 Å². The van der Waals surface area contributed by atoms with E-state index < -0.39 is 0 Å². The predicted molar refractivity (Wildman–Crippen MR) is 75.4 cm³/mol. The van der Waals surface area contributed by atoms with E-state index in [0.29, 0.717) is 0 Å². The van der Waals surface area contributed by atoms with Gasteiger partial charge in [0.15, 0.2) is 0 Å². The van der Waals surface area contributed by atoms with E-state index in [0.717, 1.165) is 19.5 Å². The van der Waals surface area contributed by atoms with E-state index in [9.17, 15) is 0 Å². The molecule has 2 heteroatoms. The molecule has 17 heavy (non-hydrogen) atoms. The van der Waals surface area contributed by atoms with E-state index in [2.05, 4.69) is 50.4 Å². The van der Waals surface area contributed by atoms with Crippen LogP contribution in [0.25, 0.3) is 0 Å². The summed E-state index contributed by atoms with van der Waals surface area (Å²) in [7, 11) is 0. The van der Waals surface area contributed by atoms with Gasteiger partial charge in [0.2, 0.25) is 0 Å². The molecule has 1 rings (SSSR count). The van der Waals surface area contributed by atoms with E-state index in [4.69, 9.17) is 5.73 Å². The lowest BCUT2D eigenvalue weighted by molar-refractivity contribution is 0.458. The number of nitrogens with one attached hydrogen (secondary N) is 1. The average molecular weight is 234 g/mol. The molecule has 0 heterocycles. The van der Waals surface area contributed by atoms with Crippen LogP contribution in [0.1, 0.15) is 38.8 Å². The highest BCUT2D eigenvalue weighted by Crippen LogP contribution is 2.22. The number of hydrogen-bond donors (Lipinski definition) is 2. The molecule has 0 aliphatic rings. The van der Waals surface area contributed by atoms with Crippen molar-refractivity contribution in [1.82, 2.24) is 5.32 Å². The first-order chi connectivity index (χ1) is 7.95. The minimum atomic E-state index is 0.154. The molecule has 1 atom stereocenters. The zero-order valence-electron chi connectivity index (χ0n) is 11.6. The molecule has 1 aromatic carbocycles. The van der Waals surface area contributed by atoms with Crippen molar-refractivity contribution in [2.75, 3.05) is 13.1 Å². The Morgan fingerprint density at radius 2 is 1.82 bits per heavy atom. The van der Waals surface area contributed by atoms with Gasteiger partial charge in [-0.05, 0) is 24.5 Å². The molecule has 0 aliphatic carbocycles. The molecule has 1 aromatic rings. The molecule has 0 spiro atoms. The van der Waals surface area contributed by atoms with Crippen molar-refractivity contribution in [2.24, 2.45) is 5.73 Å². The maximum atomic E-state index is 5.74. The minimum absolute atomic E-state index is 0.154. The number of aryl methyl sites for hydroxylation is 1. The van der Waals surface area contributed by atoms with Crippen LogP contribution in [-0.4, -0.2) is 19.1 Å². The lowest BCUT2D eigenvalue weighted by Crippen LogP contribution is -2.38. The van der Waals surface area contributed by atoms with Crippen LogP contribution in [0.4, 0.5) is 0 Å².